The Balaban J connectivity index is 1.54. The van der Waals surface area contributed by atoms with Gasteiger partial charge in [-0.2, -0.15) is 0 Å². The number of halogens is 1. The van der Waals surface area contributed by atoms with Crippen molar-refractivity contribution >= 4 is 17.4 Å². The fraction of sp³-hybridized carbons (Fsp3) is 0.600. The fourth-order valence-corrected chi connectivity index (χ4v) is 3.88. The van der Waals surface area contributed by atoms with E-state index in [0.717, 1.165) is 32.5 Å². The van der Waals surface area contributed by atoms with Gasteiger partial charge in [-0.3, -0.25) is 14.5 Å². The van der Waals surface area contributed by atoms with E-state index in [1.165, 1.54) is 19.4 Å². The molecule has 2 aliphatic heterocycles. The Bertz CT molecular complexity index is 671. The molecule has 26 heavy (non-hydrogen) atoms. The number of Topliss-reactive ketones (excluding diaryl/α,β-unsaturated/α-hetero) is 1. The van der Waals surface area contributed by atoms with Gasteiger partial charge in [0.25, 0.3) is 0 Å². The minimum atomic E-state index is -0.357. The quantitative estimate of drug-likeness (QED) is 0.773. The zero-order valence-corrected chi connectivity index (χ0v) is 15.7. The molecule has 1 aromatic rings. The molecule has 2 saturated heterocycles. The van der Waals surface area contributed by atoms with Gasteiger partial charge in [0.2, 0.25) is 5.91 Å². The van der Waals surface area contributed by atoms with Crippen LogP contribution in [0.5, 0.6) is 0 Å². The number of hydrogen-bond donors (Lipinski definition) is 0. The van der Waals surface area contributed by atoms with E-state index in [4.69, 9.17) is 0 Å². The van der Waals surface area contributed by atoms with Gasteiger partial charge in [0, 0.05) is 44.3 Å². The maximum absolute atomic E-state index is 14.3. The number of amides is 1. The molecule has 2 fully saturated rings. The summed E-state index contributed by atoms with van der Waals surface area (Å²) >= 11 is 0. The zero-order chi connectivity index (χ0) is 18.7. The summed E-state index contributed by atoms with van der Waals surface area (Å²) in [6.45, 7) is 7.72. The molecule has 3 rings (SSSR count). The molecule has 0 aliphatic carbocycles. The van der Waals surface area contributed by atoms with Crippen LogP contribution in [0.1, 0.15) is 43.5 Å². The Kier molecular flexibility index (Phi) is 5.91. The summed E-state index contributed by atoms with van der Waals surface area (Å²) in [6.07, 6.45) is 3.39. The molecule has 1 unspecified atom stereocenters. The van der Waals surface area contributed by atoms with Gasteiger partial charge < -0.3 is 9.80 Å². The van der Waals surface area contributed by atoms with Gasteiger partial charge in [-0.15, -0.1) is 0 Å². The van der Waals surface area contributed by atoms with Gasteiger partial charge in [-0.05, 0) is 51.3 Å². The van der Waals surface area contributed by atoms with Crippen molar-refractivity contribution in [2.24, 2.45) is 0 Å². The van der Waals surface area contributed by atoms with Crippen LogP contribution in [0.25, 0.3) is 0 Å². The van der Waals surface area contributed by atoms with Crippen molar-refractivity contribution in [2.75, 3.05) is 44.2 Å². The Morgan fingerprint density at radius 2 is 1.85 bits per heavy atom. The second-order valence-electron chi connectivity index (χ2n) is 7.42. The lowest BCUT2D eigenvalue weighted by atomic mass is 10.0. The van der Waals surface area contributed by atoms with Crippen LogP contribution in [0, 0.1) is 5.82 Å². The molecular weight excluding hydrogens is 333 g/mol. The predicted octanol–water partition coefficient (Wildman–Crippen LogP) is 2.55. The summed E-state index contributed by atoms with van der Waals surface area (Å²) in [5, 5.41) is 0. The smallest absolute Gasteiger partial charge is 0.236 e. The van der Waals surface area contributed by atoms with Crippen LogP contribution in [0.3, 0.4) is 0 Å². The molecule has 0 bridgehead atoms. The van der Waals surface area contributed by atoms with Crippen molar-refractivity contribution in [3.05, 3.63) is 29.6 Å². The van der Waals surface area contributed by atoms with Gasteiger partial charge in [0.1, 0.15) is 5.82 Å². The molecule has 1 amide bonds. The average molecular weight is 361 g/mol. The largest absolute Gasteiger partial charge is 0.367 e. The van der Waals surface area contributed by atoms with Gasteiger partial charge in [-0.25, -0.2) is 4.39 Å². The number of piperazine rings is 1. The molecule has 0 saturated carbocycles. The summed E-state index contributed by atoms with van der Waals surface area (Å²) in [5.74, 6) is -0.280. The lowest BCUT2D eigenvalue weighted by Crippen LogP contribution is -2.52. The van der Waals surface area contributed by atoms with Crippen molar-refractivity contribution in [1.82, 2.24) is 9.80 Å². The number of likely N-dealkylation sites (tertiary alicyclic amines) is 1. The minimum Gasteiger partial charge on any atom is -0.367 e. The summed E-state index contributed by atoms with van der Waals surface area (Å²) in [4.78, 5) is 30.1. The van der Waals surface area contributed by atoms with E-state index in [1.54, 1.807) is 12.1 Å². The first kappa shape index (κ1) is 18.8. The summed E-state index contributed by atoms with van der Waals surface area (Å²) in [6, 6.07) is 5.01. The van der Waals surface area contributed by atoms with E-state index in [-0.39, 0.29) is 17.5 Å². The third kappa shape index (κ3) is 4.23. The molecule has 5 nitrogen and oxygen atoms in total. The number of piperidine rings is 1. The number of carbonyl (C=O) groups excluding carboxylic acids is 2. The van der Waals surface area contributed by atoms with Crippen LogP contribution in [-0.2, 0) is 4.79 Å². The number of rotatable bonds is 4. The average Bonchev–Trinajstić information content (AvgIpc) is 2.62. The predicted molar refractivity (Wildman–Crippen MR) is 100 cm³/mol. The lowest BCUT2D eigenvalue weighted by Gasteiger charge is -2.38. The van der Waals surface area contributed by atoms with Crippen molar-refractivity contribution in [1.29, 1.82) is 0 Å². The number of carbonyl (C=O) groups is 2. The van der Waals surface area contributed by atoms with Crippen LogP contribution in [0.15, 0.2) is 18.2 Å². The van der Waals surface area contributed by atoms with Crippen LogP contribution < -0.4 is 4.90 Å². The minimum absolute atomic E-state index is 0.134. The van der Waals surface area contributed by atoms with Crippen molar-refractivity contribution in [2.45, 2.75) is 39.2 Å². The van der Waals surface area contributed by atoms with Crippen LogP contribution in [0.4, 0.5) is 10.1 Å². The maximum atomic E-state index is 14.3. The molecule has 6 heteroatoms. The lowest BCUT2D eigenvalue weighted by molar-refractivity contribution is -0.135. The number of ketones is 1. The second-order valence-corrected chi connectivity index (χ2v) is 7.42. The SMILES string of the molecule is CC(=O)c1ccc(N2CCN(CC(=O)N3CCCCC3C)CC2)c(F)c1. The summed E-state index contributed by atoms with van der Waals surface area (Å²) in [7, 11) is 0. The number of benzene rings is 1. The first-order valence-electron chi connectivity index (χ1n) is 9.53. The molecule has 1 aromatic carbocycles. The highest BCUT2D eigenvalue weighted by Crippen LogP contribution is 2.23. The van der Waals surface area contributed by atoms with Gasteiger partial charge >= 0.3 is 0 Å². The van der Waals surface area contributed by atoms with E-state index in [0.29, 0.717) is 36.9 Å². The Labute approximate surface area is 154 Å². The molecule has 0 radical (unpaired) electrons. The van der Waals surface area contributed by atoms with Crippen molar-refractivity contribution in [3.8, 4) is 0 Å². The fourth-order valence-electron chi connectivity index (χ4n) is 3.88. The highest BCUT2D eigenvalue weighted by molar-refractivity contribution is 5.94. The third-order valence-electron chi connectivity index (χ3n) is 5.55. The van der Waals surface area contributed by atoms with Crippen LogP contribution in [0.2, 0.25) is 0 Å². The topological polar surface area (TPSA) is 43.9 Å². The zero-order valence-electron chi connectivity index (χ0n) is 15.7. The molecule has 1 atom stereocenters. The Morgan fingerprint density at radius 1 is 1.12 bits per heavy atom. The molecule has 2 heterocycles. The standard InChI is InChI=1S/C20H28FN3O2/c1-15-5-3-4-8-24(15)20(26)14-22-9-11-23(12-10-22)19-7-6-17(16(2)25)13-18(19)21/h6-7,13,15H,3-5,8-12,14H2,1-2H3. The number of hydrogen-bond acceptors (Lipinski definition) is 4. The van der Waals surface area contributed by atoms with Crippen LogP contribution in [-0.4, -0.2) is 66.8 Å². The molecule has 0 aromatic heterocycles. The highest BCUT2D eigenvalue weighted by atomic mass is 19.1. The first-order chi connectivity index (χ1) is 12.5. The van der Waals surface area contributed by atoms with E-state index in [1.807, 2.05) is 9.80 Å². The van der Waals surface area contributed by atoms with Gasteiger partial charge in [-0.1, -0.05) is 0 Å². The second kappa shape index (κ2) is 8.16. The molecule has 2 aliphatic rings. The van der Waals surface area contributed by atoms with E-state index in [2.05, 4.69) is 11.8 Å². The van der Waals surface area contributed by atoms with E-state index >= 15 is 0 Å². The molecular formula is C20H28FN3O2. The summed E-state index contributed by atoms with van der Waals surface area (Å²) < 4.78 is 14.3. The van der Waals surface area contributed by atoms with Gasteiger partial charge in [0.05, 0.1) is 12.2 Å². The normalized spacial score (nSPS) is 21.7. The number of nitrogens with zero attached hydrogens (tertiary/aromatic N) is 3. The van der Waals surface area contributed by atoms with Crippen LogP contribution >= 0.6 is 0 Å². The third-order valence-corrected chi connectivity index (χ3v) is 5.55. The molecule has 0 N–H and O–H groups in total. The van der Waals surface area contributed by atoms with Crippen molar-refractivity contribution in [3.63, 3.8) is 0 Å². The Hall–Kier alpha value is -1.95. The number of anilines is 1. The highest BCUT2D eigenvalue weighted by Gasteiger charge is 2.26. The van der Waals surface area contributed by atoms with E-state index in [9.17, 15) is 14.0 Å². The Morgan fingerprint density at radius 3 is 2.46 bits per heavy atom. The monoisotopic (exact) mass is 361 g/mol. The van der Waals surface area contributed by atoms with Gasteiger partial charge in [0.15, 0.2) is 5.78 Å². The van der Waals surface area contributed by atoms with E-state index < -0.39 is 0 Å². The molecule has 0 spiro atoms. The van der Waals surface area contributed by atoms with Crippen molar-refractivity contribution < 1.29 is 14.0 Å². The first-order valence-corrected chi connectivity index (χ1v) is 9.53. The molecule has 142 valence electrons. The summed E-state index contributed by atoms with van der Waals surface area (Å²) in [5.41, 5.74) is 0.928. The maximum Gasteiger partial charge on any atom is 0.236 e.